The summed E-state index contributed by atoms with van der Waals surface area (Å²) in [5.74, 6) is -0.853. The number of carbonyl (C=O) groups is 3. The molecule has 2 aromatic rings. The maximum atomic E-state index is 12.6. The van der Waals surface area contributed by atoms with Gasteiger partial charge in [-0.15, -0.1) is 0 Å². The minimum absolute atomic E-state index is 0.159. The monoisotopic (exact) mass is 383 g/mol. The predicted octanol–water partition coefficient (Wildman–Crippen LogP) is 2.71. The van der Waals surface area contributed by atoms with Gasteiger partial charge in [-0.25, -0.2) is 0 Å². The molecule has 0 saturated heterocycles. The van der Waals surface area contributed by atoms with E-state index in [-0.39, 0.29) is 24.7 Å². The Bertz CT molecular complexity index is 908. The summed E-state index contributed by atoms with van der Waals surface area (Å²) in [6.45, 7) is 1.19. The number of para-hydroxylation sites is 1. The zero-order valence-electron chi connectivity index (χ0n) is 15.5. The number of ether oxygens (including phenoxy) is 2. The molecule has 7 heteroatoms. The third-order valence-electron chi connectivity index (χ3n) is 4.37. The van der Waals surface area contributed by atoms with Crippen LogP contribution in [0.2, 0.25) is 0 Å². The number of amides is 1. The van der Waals surface area contributed by atoms with E-state index in [0.717, 1.165) is 23.3 Å². The van der Waals surface area contributed by atoms with E-state index in [1.807, 2.05) is 24.3 Å². The molecule has 0 fully saturated rings. The van der Waals surface area contributed by atoms with Crippen LogP contribution in [0.25, 0.3) is 0 Å². The van der Waals surface area contributed by atoms with Gasteiger partial charge in [-0.05, 0) is 36.2 Å². The minimum Gasteiger partial charge on any atom is -0.485 e. The SMILES string of the molecule is CCCc1ccccc1OCC(=O)c1ccc2c(c1)N(CC(=O)O)C(=O)CO2. The van der Waals surface area contributed by atoms with Crippen LogP contribution in [-0.2, 0) is 16.0 Å². The van der Waals surface area contributed by atoms with E-state index in [2.05, 4.69) is 6.92 Å². The standard InChI is InChI=1S/C21H21NO6/c1-2-5-14-6-3-4-7-18(14)27-12-17(23)15-8-9-19-16(10-15)22(11-21(25)26)20(24)13-28-19/h3-4,6-10H,2,5,11-13H2,1H3,(H,25,26). The minimum atomic E-state index is -1.14. The Kier molecular flexibility index (Phi) is 5.93. The molecule has 0 aliphatic carbocycles. The number of carbonyl (C=O) groups excluding carboxylic acids is 2. The number of aliphatic carboxylic acids is 1. The third-order valence-corrected chi connectivity index (χ3v) is 4.37. The highest BCUT2D eigenvalue weighted by molar-refractivity contribution is 6.04. The highest BCUT2D eigenvalue weighted by Crippen LogP contribution is 2.33. The van der Waals surface area contributed by atoms with Gasteiger partial charge < -0.3 is 14.6 Å². The lowest BCUT2D eigenvalue weighted by atomic mass is 10.1. The van der Waals surface area contributed by atoms with E-state index in [4.69, 9.17) is 14.6 Å². The highest BCUT2D eigenvalue weighted by atomic mass is 16.5. The number of ketones is 1. The van der Waals surface area contributed by atoms with E-state index in [1.165, 1.54) is 6.07 Å². The quantitative estimate of drug-likeness (QED) is 0.705. The summed E-state index contributed by atoms with van der Waals surface area (Å²) < 4.78 is 11.0. The average Bonchev–Trinajstić information content (AvgIpc) is 2.69. The lowest BCUT2D eigenvalue weighted by Crippen LogP contribution is -2.42. The number of carboxylic acid groups (broad SMARTS) is 1. The predicted molar refractivity (Wildman–Crippen MR) is 102 cm³/mol. The van der Waals surface area contributed by atoms with Gasteiger partial charge in [-0.3, -0.25) is 19.3 Å². The Morgan fingerprint density at radius 1 is 1.21 bits per heavy atom. The molecule has 7 nitrogen and oxygen atoms in total. The lowest BCUT2D eigenvalue weighted by Gasteiger charge is -2.28. The zero-order chi connectivity index (χ0) is 20.1. The number of nitrogens with zero attached hydrogens (tertiary/aromatic N) is 1. The van der Waals surface area contributed by atoms with Crippen LogP contribution < -0.4 is 14.4 Å². The van der Waals surface area contributed by atoms with Gasteiger partial charge in [-0.2, -0.15) is 0 Å². The van der Waals surface area contributed by atoms with E-state index < -0.39 is 18.4 Å². The largest absolute Gasteiger partial charge is 0.485 e. The van der Waals surface area contributed by atoms with Crippen molar-refractivity contribution >= 4 is 23.3 Å². The molecule has 1 heterocycles. The van der Waals surface area contributed by atoms with Crippen molar-refractivity contribution in [1.29, 1.82) is 0 Å². The fourth-order valence-electron chi connectivity index (χ4n) is 3.03. The van der Waals surface area contributed by atoms with E-state index >= 15 is 0 Å². The molecular weight excluding hydrogens is 362 g/mol. The van der Waals surface area contributed by atoms with Gasteiger partial charge in [0.15, 0.2) is 19.0 Å². The van der Waals surface area contributed by atoms with Crippen LogP contribution in [0.1, 0.15) is 29.3 Å². The molecule has 0 bridgehead atoms. The maximum Gasteiger partial charge on any atom is 0.323 e. The van der Waals surface area contributed by atoms with Gasteiger partial charge in [-0.1, -0.05) is 31.5 Å². The first-order valence-corrected chi connectivity index (χ1v) is 9.02. The number of hydrogen-bond acceptors (Lipinski definition) is 5. The molecule has 0 radical (unpaired) electrons. The van der Waals surface area contributed by atoms with Crippen molar-refractivity contribution in [2.45, 2.75) is 19.8 Å². The number of hydrogen-bond donors (Lipinski definition) is 1. The second-order valence-corrected chi connectivity index (χ2v) is 6.41. The third kappa shape index (κ3) is 4.31. The van der Waals surface area contributed by atoms with Crippen molar-refractivity contribution < 1.29 is 29.0 Å². The van der Waals surface area contributed by atoms with Crippen molar-refractivity contribution in [1.82, 2.24) is 0 Å². The number of fused-ring (bicyclic) bond motifs is 1. The topological polar surface area (TPSA) is 93.1 Å². The van der Waals surface area contributed by atoms with Crippen molar-refractivity contribution in [3.8, 4) is 11.5 Å². The normalized spacial score (nSPS) is 12.9. The van der Waals surface area contributed by atoms with E-state index in [9.17, 15) is 14.4 Å². The summed E-state index contributed by atoms with van der Waals surface area (Å²) in [7, 11) is 0. The molecule has 1 amide bonds. The second-order valence-electron chi connectivity index (χ2n) is 6.41. The Morgan fingerprint density at radius 3 is 2.75 bits per heavy atom. The molecule has 0 saturated carbocycles. The molecule has 146 valence electrons. The smallest absolute Gasteiger partial charge is 0.323 e. The fraction of sp³-hybridized carbons (Fsp3) is 0.286. The average molecular weight is 383 g/mol. The van der Waals surface area contributed by atoms with Crippen molar-refractivity contribution in [3.05, 3.63) is 53.6 Å². The number of Topliss-reactive ketones (excluding diaryl/α,β-unsaturated/α-hetero) is 1. The van der Waals surface area contributed by atoms with Crippen LogP contribution in [0, 0.1) is 0 Å². The maximum absolute atomic E-state index is 12.6. The molecule has 2 aromatic carbocycles. The van der Waals surface area contributed by atoms with Crippen LogP contribution in [0.4, 0.5) is 5.69 Å². The lowest BCUT2D eigenvalue weighted by molar-refractivity contribution is -0.137. The molecule has 28 heavy (non-hydrogen) atoms. The van der Waals surface area contributed by atoms with Gasteiger partial charge in [0.1, 0.15) is 18.0 Å². The molecule has 1 N–H and O–H groups in total. The first-order valence-electron chi connectivity index (χ1n) is 9.02. The van der Waals surface area contributed by atoms with Gasteiger partial charge in [0.05, 0.1) is 5.69 Å². The fourth-order valence-corrected chi connectivity index (χ4v) is 3.03. The number of rotatable bonds is 8. The molecule has 0 unspecified atom stereocenters. The van der Waals surface area contributed by atoms with Crippen LogP contribution in [-0.4, -0.2) is 42.5 Å². The Hall–Kier alpha value is -3.35. The number of anilines is 1. The first kappa shape index (κ1) is 19.4. The number of benzene rings is 2. The molecule has 1 aliphatic rings. The molecule has 0 spiro atoms. The summed E-state index contributed by atoms with van der Waals surface area (Å²) in [4.78, 5) is 36.8. The van der Waals surface area contributed by atoms with Crippen LogP contribution in [0.15, 0.2) is 42.5 Å². The summed E-state index contributed by atoms with van der Waals surface area (Å²) >= 11 is 0. The molecule has 3 rings (SSSR count). The van der Waals surface area contributed by atoms with Crippen molar-refractivity contribution in [2.24, 2.45) is 0 Å². The van der Waals surface area contributed by atoms with Crippen LogP contribution in [0.3, 0.4) is 0 Å². The zero-order valence-corrected chi connectivity index (χ0v) is 15.5. The number of aryl methyl sites for hydroxylation is 1. The summed E-state index contributed by atoms with van der Waals surface area (Å²) in [6, 6.07) is 12.2. The Labute approximate surface area is 162 Å². The number of carboxylic acids is 1. The van der Waals surface area contributed by atoms with E-state index in [1.54, 1.807) is 12.1 Å². The molecular formula is C21H21NO6. The van der Waals surface area contributed by atoms with Gasteiger partial charge >= 0.3 is 5.97 Å². The van der Waals surface area contributed by atoms with Gasteiger partial charge in [0.2, 0.25) is 0 Å². The summed E-state index contributed by atoms with van der Waals surface area (Å²) in [5, 5.41) is 9.05. The van der Waals surface area contributed by atoms with Crippen LogP contribution >= 0.6 is 0 Å². The second kappa shape index (κ2) is 8.56. The van der Waals surface area contributed by atoms with E-state index in [0.29, 0.717) is 17.1 Å². The highest BCUT2D eigenvalue weighted by Gasteiger charge is 2.28. The molecule has 0 atom stereocenters. The van der Waals surface area contributed by atoms with Gasteiger partial charge in [0.25, 0.3) is 5.91 Å². The van der Waals surface area contributed by atoms with Gasteiger partial charge in [0, 0.05) is 5.56 Å². The van der Waals surface area contributed by atoms with Crippen molar-refractivity contribution in [3.63, 3.8) is 0 Å². The van der Waals surface area contributed by atoms with Crippen molar-refractivity contribution in [2.75, 3.05) is 24.7 Å². The van der Waals surface area contributed by atoms with Crippen LogP contribution in [0.5, 0.6) is 11.5 Å². The first-order chi connectivity index (χ1) is 13.5. The Morgan fingerprint density at radius 2 is 2.00 bits per heavy atom. The molecule has 0 aromatic heterocycles. The summed E-state index contributed by atoms with van der Waals surface area (Å²) in [6.07, 6.45) is 1.82. The Balaban J connectivity index is 1.77. The summed E-state index contributed by atoms with van der Waals surface area (Å²) in [5.41, 5.74) is 1.63. The molecule has 1 aliphatic heterocycles.